The van der Waals surface area contributed by atoms with E-state index >= 15 is 0 Å². The first-order chi connectivity index (χ1) is 22.2. The zero-order chi connectivity index (χ0) is 32.1. The number of allylic oxidation sites excluding steroid dienone is 4. The summed E-state index contributed by atoms with van der Waals surface area (Å²) in [6, 6.07) is 0.552. The van der Waals surface area contributed by atoms with Gasteiger partial charge in [-0.2, -0.15) is 0 Å². The molecule has 1 aliphatic rings. The highest BCUT2D eigenvalue weighted by Crippen LogP contribution is 2.38. The highest BCUT2D eigenvalue weighted by atomic mass is 15.1. The van der Waals surface area contributed by atoms with Gasteiger partial charge in [-0.1, -0.05) is 212 Å². The lowest BCUT2D eigenvalue weighted by Gasteiger charge is -2.32. The van der Waals surface area contributed by atoms with Gasteiger partial charge in [-0.25, -0.2) is 4.98 Å². The van der Waals surface area contributed by atoms with Crippen molar-refractivity contribution in [2.24, 2.45) is 5.41 Å². The van der Waals surface area contributed by atoms with Gasteiger partial charge in [0.25, 0.3) is 0 Å². The number of hydrogen-bond acceptors (Lipinski definition) is 1. The Labute approximate surface area is 282 Å². The maximum Gasteiger partial charge on any atom is 0.109 e. The lowest BCUT2D eigenvalue weighted by molar-refractivity contribution is 0.315. The lowest BCUT2D eigenvalue weighted by atomic mass is 9.74. The molecule has 1 heterocycles. The van der Waals surface area contributed by atoms with E-state index in [4.69, 9.17) is 4.98 Å². The van der Waals surface area contributed by atoms with Gasteiger partial charge in [-0.05, 0) is 31.6 Å². The summed E-state index contributed by atoms with van der Waals surface area (Å²) in [5.41, 5.74) is 0.254. The van der Waals surface area contributed by atoms with Crippen LogP contribution in [-0.2, 0) is 6.42 Å². The lowest BCUT2D eigenvalue weighted by Crippen LogP contribution is -2.25. The van der Waals surface area contributed by atoms with Crippen LogP contribution in [0.25, 0.3) is 0 Å². The largest absolute Gasteiger partial charge is 0.332 e. The van der Waals surface area contributed by atoms with Crippen molar-refractivity contribution in [3.05, 3.63) is 42.5 Å². The van der Waals surface area contributed by atoms with Gasteiger partial charge in [0.15, 0.2) is 0 Å². The number of imidazole rings is 1. The van der Waals surface area contributed by atoms with E-state index in [1.807, 2.05) is 0 Å². The third-order valence-corrected chi connectivity index (χ3v) is 10.7. The topological polar surface area (TPSA) is 17.8 Å². The molecular weight excluding hydrogens is 544 g/mol. The molecule has 2 nitrogen and oxygen atoms in total. The summed E-state index contributed by atoms with van der Waals surface area (Å²) < 4.78 is 2.51. The van der Waals surface area contributed by atoms with Gasteiger partial charge in [0, 0.05) is 24.9 Å². The molecule has 45 heavy (non-hydrogen) atoms. The van der Waals surface area contributed by atoms with Crippen LogP contribution >= 0.6 is 0 Å². The van der Waals surface area contributed by atoms with Gasteiger partial charge in [-0.15, -0.1) is 0 Å². The molecule has 0 saturated heterocycles. The maximum absolute atomic E-state index is 4.91. The number of aromatic nitrogens is 2. The van der Waals surface area contributed by atoms with E-state index in [9.17, 15) is 0 Å². The third kappa shape index (κ3) is 19.8. The van der Waals surface area contributed by atoms with Crippen LogP contribution in [0.5, 0.6) is 0 Å². The predicted molar refractivity (Wildman–Crippen MR) is 201 cm³/mol. The second-order valence-electron chi connectivity index (χ2n) is 15.0. The Balaban J connectivity index is 1.57. The molecule has 1 aliphatic carbocycles. The van der Waals surface area contributed by atoms with Crippen LogP contribution < -0.4 is 0 Å². The van der Waals surface area contributed by atoms with Crippen molar-refractivity contribution in [1.82, 2.24) is 9.55 Å². The van der Waals surface area contributed by atoms with Crippen LogP contribution in [0, 0.1) is 5.41 Å². The van der Waals surface area contributed by atoms with E-state index in [1.165, 1.54) is 198 Å². The standard InChI is InChI=1S/C43H78N2/c1-4-6-8-10-12-14-16-18-19-21-23-25-27-30-34-41(3)45-39-38-44-42(45)40-43(36-32-29-33-37-43)35-31-28-26-24-22-20-17-15-13-11-9-7-5-2/h29,32-33,36,38-39,41H,4-28,30-31,34-35,37,40H2,1-3H3. The van der Waals surface area contributed by atoms with Crippen molar-refractivity contribution in [2.45, 2.75) is 226 Å². The summed E-state index contributed by atoms with van der Waals surface area (Å²) in [5, 5.41) is 0. The Morgan fingerprint density at radius 2 is 1.04 bits per heavy atom. The maximum atomic E-state index is 4.91. The first kappa shape index (κ1) is 39.9. The summed E-state index contributed by atoms with van der Waals surface area (Å²) in [7, 11) is 0. The Morgan fingerprint density at radius 3 is 1.49 bits per heavy atom. The minimum Gasteiger partial charge on any atom is -0.332 e. The molecule has 0 aromatic carbocycles. The zero-order valence-electron chi connectivity index (χ0n) is 30.9. The first-order valence-corrected chi connectivity index (χ1v) is 20.6. The average Bonchev–Trinajstić information content (AvgIpc) is 3.51. The summed E-state index contributed by atoms with van der Waals surface area (Å²) in [5.74, 6) is 1.31. The first-order valence-electron chi connectivity index (χ1n) is 20.6. The molecule has 0 spiro atoms. The van der Waals surface area contributed by atoms with Crippen molar-refractivity contribution in [1.29, 1.82) is 0 Å². The molecular formula is C43H78N2. The highest BCUT2D eigenvalue weighted by molar-refractivity contribution is 5.19. The summed E-state index contributed by atoms with van der Waals surface area (Å²) in [4.78, 5) is 4.91. The van der Waals surface area contributed by atoms with Crippen LogP contribution in [0.4, 0.5) is 0 Å². The Hall–Kier alpha value is -1.31. The smallest absolute Gasteiger partial charge is 0.109 e. The summed E-state index contributed by atoms with van der Waals surface area (Å²) in [6.07, 6.45) is 57.2. The fourth-order valence-electron chi connectivity index (χ4n) is 7.58. The fourth-order valence-corrected chi connectivity index (χ4v) is 7.58. The molecule has 0 radical (unpaired) electrons. The minimum absolute atomic E-state index is 0.254. The normalized spacial score (nSPS) is 17.0. The van der Waals surface area contributed by atoms with Gasteiger partial charge in [0.1, 0.15) is 5.82 Å². The molecule has 2 rings (SSSR count). The highest BCUT2D eigenvalue weighted by Gasteiger charge is 2.29. The van der Waals surface area contributed by atoms with Crippen LogP contribution in [0.1, 0.15) is 225 Å². The van der Waals surface area contributed by atoms with Crippen LogP contribution in [0.2, 0.25) is 0 Å². The number of unbranched alkanes of at least 4 members (excludes halogenated alkanes) is 25. The predicted octanol–water partition coefficient (Wildman–Crippen LogP) is 14.8. The minimum atomic E-state index is 0.254. The molecule has 1 aromatic heterocycles. The summed E-state index contributed by atoms with van der Waals surface area (Å²) >= 11 is 0. The van der Waals surface area contributed by atoms with E-state index in [0.29, 0.717) is 6.04 Å². The van der Waals surface area contributed by atoms with E-state index in [-0.39, 0.29) is 5.41 Å². The molecule has 2 heteroatoms. The van der Waals surface area contributed by atoms with Gasteiger partial charge >= 0.3 is 0 Å². The van der Waals surface area contributed by atoms with Crippen molar-refractivity contribution in [2.75, 3.05) is 0 Å². The molecule has 0 bridgehead atoms. The Kier molecular flexibility index (Phi) is 24.6. The van der Waals surface area contributed by atoms with E-state index in [0.717, 1.165) is 6.42 Å². The molecule has 0 fully saturated rings. The monoisotopic (exact) mass is 623 g/mol. The number of nitrogens with zero attached hydrogens (tertiary/aromatic N) is 2. The summed E-state index contributed by atoms with van der Waals surface area (Å²) in [6.45, 7) is 7.03. The second kappa shape index (κ2) is 27.8. The SMILES string of the molecule is CCCCCCCCCCCCCCCCC(C)n1ccnc1CC1(CCCCCCCCCCCCCCC)C=CC=CC1. The number of hydrogen-bond donors (Lipinski definition) is 0. The van der Waals surface area contributed by atoms with Crippen LogP contribution in [0.3, 0.4) is 0 Å². The van der Waals surface area contributed by atoms with Crippen molar-refractivity contribution < 1.29 is 0 Å². The van der Waals surface area contributed by atoms with Crippen molar-refractivity contribution in [3.8, 4) is 0 Å². The van der Waals surface area contributed by atoms with E-state index < -0.39 is 0 Å². The molecule has 1 aromatic rings. The molecule has 0 amide bonds. The van der Waals surface area contributed by atoms with Gasteiger partial charge in [-0.3, -0.25) is 0 Å². The van der Waals surface area contributed by atoms with Crippen molar-refractivity contribution >= 4 is 0 Å². The second-order valence-corrected chi connectivity index (χ2v) is 15.0. The Morgan fingerprint density at radius 1 is 0.600 bits per heavy atom. The molecule has 0 aliphatic heterocycles. The number of rotatable bonds is 32. The van der Waals surface area contributed by atoms with Crippen LogP contribution in [-0.4, -0.2) is 9.55 Å². The molecule has 0 N–H and O–H groups in total. The van der Waals surface area contributed by atoms with Gasteiger partial charge < -0.3 is 4.57 Å². The molecule has 0 saturated carbocycles. The fraction of sp³-hybridized carbons (Fsp3) is 0.837. The quantitative estimate of drug-likeness (QED) is 0.0731. The van der Waals surface area contributed by atoms with Gasteiger partial charge in [0.05, 0.1) is 0 Å². The average molecular weight is 623 g/mol. The molecule has 2 atom stereocenters. The van der Waals surface area contributed by atoms with E-state index in [2.05, 4.69) is 62.0 Å². The van der Waals surface area contributed by atoms with Crippen molar-refractivity contribution in [3.63, 3.8) is 0 Å². The van der Waals surface area contributed by atoms with E-state index in [1.54, 1.807) is 0 Å². The third-order valence-electron chi connectivity index (χ3n) is 10.7. The van der Waals surface area contributed by atoms with Gasteiger partial charge in [0.2, 0.25) is 0 Å². The Bertz CT molecular complexity index is 835. The van der Waals surface area contributed by atoms with Crippen LogP contribution in [0.15, 0.2) is 36.7 Å². The molecule has 260 valence electrons. The molecule has 2 unspecified atom stereocenters. The zero-order valence-corrected chi connectivity index (χ0v) is 30.9.